The molecule has 1 aromatic carbocycles. The Morgan fingerprint density at radius 3 is 2.83 bits per heavy atom. The molecule has 3 N–H and O–H groups in total. The second-order valence-corrected chi connectivity index (χ2v) is 6.05. The number of furan rings is 1. The summed E-state index contributed by atoms with van der Waals surface area (Å²) in [4.78, 5) is 23.1. The highest BCUT2D eigenvalue weighted by Crippen LogP contribution is 2.30. The van der Waals surface area contributed by atoms with Crippen molar-refractivity contribution in [2.75, 3.05) is 6.54 Å². The van der Waals surface area contributed by atoms with Crippen molar-refractivity contribution >= 4 is 49.9 Å². The van der Waals surface area contributed by atoms with E-state index in [1.807, 2.05) is 0 Å². The first-order valence-corrected chi connectivity index (χ1v) is 7.87. The molecule has 0 fully saturated rings. The molecule has 0 spiro atoms. The maximum absolute atomic E-state index is 11.6. The lowest BCUT2D eigenvalue weighted by atomic mass is 10.2. The third-order valence-corrected chi connectivity index (χ3v) is 3.67. The Hall–Kier alpha value is -2.13. The van der Waals surface area contributed by atoms with Crippen LogP contribution < -0.4 is 10.7 Å². The number of hydrogen-bond acceptors (Lipinski definition) is 5. The average molecular weight is 445 g/mol. The zero-order valence-electron chi connectivity index (χ0n) is 11.5. The molecular weight excluding hydrogens is 434 g/mol. The zero-order chi connectivity index (χ0) is 16.8. The normalized spacial score (nSPS) is 10.7. The summed E-state index contributed by atoms with van der Waals surface area (Å²) in [5.74, 6) is -0.903. The molecule has 2 aromatic rings. The fourth-order valence-corrected chi connectivity index (χ4v) is 2.81. The van der Waals surface area contributed by atoms with E-state index >= 15 is 0 Å². The summed E-state index contributed by atoms with van der Waals surface area (Å²) in [5, 5.41) is 15.9. The number of nitrogens with zero attached hydrogens (tertiary/aromatic N) is 1. The van der Waals surface area contributed by atoms with Gasteiger partial charge in [-0.1, -0.05) is 15.9 Å². The summed E-state index contributed by atoms with van der Waals surface area (Å²) >= 11 is 6.47. The van der Waals surface area contributed by atoms with Crippen LogP contribution in [-0.2, 0) is 4.79 Å². The van der Waals surface area contributed by atoms with Crippen LogP contribution in [0, 0.1) is 0 Å². The first kappa shape index (κ1) is 17.2. The van der Waals surface area contributed by atoms with Gasteiger partial charge in [-0.05, 0) is 40.2 Å². The molecule has 0 radical (unpaired) electrons. The van der Waals surface area contributed by atoms with Crippen molar-refractivity contribution in [3.05, 3.63) is 50.8 Å². The fourth-order valence-electron chi connectivity index (χ4n) is 1.55. The zero-order valence-corrected chi connectivity index (χ0v) is 14.7. The minimum atomic E-state index is -0.519. The molecule has 1 aromatic heterocycles. The van der Waals surface area contributed by atoms with Gasteiger partial charge in [-0.2, -0.15) is 5.10 Å². The molecule has 0 atom stereocenters. The smallest absolute Gasteiger partial charge is 0.287 e. The van der Waals surface area contributed by atoms with E-state index in [0.717, 1.165) is 4.47 Å². The number of amides is 2. The van der Waals surface area contributed by atoms with E-state index in [1.54, 1.807) is 18.2 Å². The van der Waals surface area contributed by atoms with Gasteiger partial charge in [0, 0.05) is 10.0 Å². The Morgan fingerprint density at radius 2 is 2.13 bits per heavy atom. The van der Waals surface area contributed by atoms with Crippen LogP contribution in [0.3, 0.4) is 0 Å². The number of benzene rings is 1. The summed E-state index contributed by atoms with van der Waals surface area (Å²) in [6.45, 7) is -0.259. The number of aromatic hydroxyl groups is 1. The first-order valence-electron chi connectivity index (χ1n) is 6.29. The second-order valence-electron chi connectivity index (χ2n) is 4.28. The maximum Gasteiger partial charge on any atom is 0.287 e. The van der Waals surface area contributed by atoms with Gasteiger partial charge in [-0.15, -0.1) is 0 Å². The molecule has 0 saturated heterocycles. The van der Waals surface area contributed by atoms with Gasteiger partial charge < -0.3 is 14.8 Å². The molecule has 0 aliphatic rings. The standard InChI is InChI=1S/C14H11Br2N3O4/c15-9-4-8(13(21)10(16)5-9)6-18-19-12(20)7-17-14(22)11-2-1-3-23-11/h1-6,21H,7H2,(H,17,22)(H,19,20)/b18-6-. The van der Waals surface area contributed by atoms with Gasteiger partial charge in [0.05, 0.1) is 23.5 Å². The van der Waals surface area contributed by atoms with Crippen LogP contribution in [0.5, 0.6) is 5.75 Å². The molecule has 0 unspecified atom stereocenters. The fraction of sp³-hybridized carbons (Fsp3) is 0.0714. The molecule has 0 saturated carbocycles. The van der Waals surface area contributed by atoms with Crippen LogP contribution >= 0.6 is 31.9 Å². The van der Waals surface area contributed by atoms with Crippen molar-refractivity contribution in [1.82, 2.24) is 10.7 Å². The number of halogens is 2. The Labute approximate surface area is 148 Å². The minimum absolute atomic E-state index is 0.00248. The lowest BCUT2D eigenvalue weighted by molar-refractivity contribution is -0.120. The lowest BCUT2D eigenvalue weighted by Crippen LogP contribution is -2.34. The van der Waals surface area contributed by atoms with E-state index < -0.39 is 11.8 Å². The second kappa shape index (κ2) is 7.93. The Kier molecular flexibility index (Phi) is 5.94. The summed E-state index contributed by atoms with van der Waals surface area (Å²) in [7, 11) is 0. The average Bonchev–Trinajstić information content (AvgIpc) is 3.04. The van der Waals surface area contributed by atoms with Crippen LogP contribution in [-0.4, -0.2) is 29.7 Å². The molecule has 0 bridgehead atoms. The van der Waals surface area contributed by atoms with E-state index in [0.29, 0.717) is 10.0 Å². The lowest BCUT2D eigenvalue weighted by Gasteiger charge is -2.04. The number of nitrogens with one attached hydrogen (secondary N) is 2. The minimum Gasteiger partial charge on any atom is -0.506 e. The first-order chi connectivity index (χ1) is 11.0. The Balaban J connectivity index is 1.86. The van der Waals surface area contributed by atoms with Crippen molar-refractivity contribution < 1.29 is 19.1 Å². The molecule has 0 aliphatic heterocycles. The van der Waals surface area contributed by atoms with E-state index in [-0.39, 0.29) is 18.1 Å². The van der Waals surface area contributed by atoms with Gasteiger partial charge in [0.25, 0.3) is 11.8 Å². The SMILES string of the molecule is O=C(CNC(=O)c1ccco1)N/N=C\c1cc(Br)cc(Br)c1O. The summed E-state index contributed by atoms with van der Waals surface area (Å²) in [6, 6.07) is 6.37. The molecular formula is C14H11Br2N3O4. The van der Waals surface area contributed by atoms with Gasteiger partial charge in [-0.3, -0.25) is 9.59 Å². The Morgan fingerprint density at radius 1 is 1.35 bits per heavy atom. The highest BCUT2D eigenvalue weighted by Gasteiger charge is 2.10. The third kappa shape index (κ3) is 4.93. The summed E-state index contributed by atoms with van der Waals surface area (Å²) in [5.41, 5.74) is 2.65. The maximum atomic E-state index is 11.6. The number of hydrogen-bond donors (Lipinski definition) is 3. The Bertz CT molecular complexity index is 745. The monoisotopic (exact) mass is 443 g/mol. The number of hydrazone groups is 1. The number of rotatable bonds is 5. The van der Waals surface area contributed by atoms with Crippen LogP contribution in [0.2, 0.25) is 0 Å². The summed E-state index contributed by atoms with van der Waals surface area (Å²) in [6.07, 6.45) is 2.65. The van der Waals surface area contributed by atoms with Gasteiger partial charge in [0.15, 0.2) is 5.76 Å². The molecule has 0 aliphatic carbocycles. The number of carbonyl (C=O) groups is 2. The highest BCUT2D eigenvalue weighted by molar-refractivity contribution is 9.11. The van der Waals surface area contributed by atoms with Crippen LogP contribution in [0.25, 0.3) is 0 Å². The van der Waals surface area contributed by atoms with Crippen LogP contribution in [0.4, 0.5) is 0 Å². The van der Waals surface area contributed by atoms with Crippen molar-refractivity contribution in [1.29, 1.82) is 0 Å². The number of phenolic OH excluding ortho intramolecular Hbond substituents is 1. The van der Waals surface area contributed by atoms with E-state index in [1.165, 1.54) is 18.5 Å². The molecule has 1 heterocycles. The molecule has 23 heavy (non-hydrogen) atoms. The quantitative estimate of drug-likeness (QED) is 0.486. The van der Waals surface area contributed by atoms with Crippen LogP contribution in [0.15, 0.2) is 49.0 Å². The van der Waals surface area contributed by atoms with Gasteiger partial charge >= 0.3 is 0 Å². The molecule has 120 valence electrons. The van der Waals surface area contributed by atoms with Gasteiger partial charge in [0.1, 0.15) is 5.75 Å². The molecule has 7 nitrogen and oxygen atoms in total. The predicted octanol–water partition coefficient (Wildman–Crippen LogP) is 2.39. The van der Waals surface area contributed by atoms with E-state index in [2.05, 4.69) is 47.7 Å². The predicted molar refractivity (Wildman–Crippen MR) is 90.3 cm³/mol. The van der Waals surface area contributed by atoms with Crippen molar-refractivity contribution in [3.8, 4) is 5.75 Å². The molecule has 2 amide bonds. The largest absolute Gasteiger partial charge is 0.506 e. The van der Waals surface area contributed by atoms with Crippen molar-refractivity contribution in [2.45, 2.75) is 0 Å². The molecule has 2 rings (SSSR count). The third-order valence-electron chi connectivity index (χ3n) is 2.61. The van der Waals surface area contributed by atoms with E-state index in [4.69, 9.17) is 4.42 Å². The topological polar surface area (TPSA) is 104 Å². The van der Waals surface area contributed by atoms with Crippen molar-refractivity contribution in [2.24, 2.45) is 5.10 Å². The van der Waals surface area contributed by atoms with E-state index in [9.17, 15) is 14.7 Å². The van der Waals surface area contributed by atoms with Crippen molar-refractivity contribution in [3.63, 3.8) is 0 Å². The van der Waals surface area contributed by atoms with Gasteiger partial charge in [0.2, 0.25) is 0 Å². The van der Waals surface area contributed by atoms with Gasteiger partial charge in [-0.25, -0.2) is 5.43 Å². The number of carbonyl (C=O) groups excluding carboxylic acids is 2. The molecule has 9 heteroatoms. The number of phenols is 1. The summed E-state index contributed by atoms with van der Waals surface area (Å²) < 4.78 is 6.12. The highest BCUT2D eigenvalue weighted by atomic mass is 79.9. The van der Waals surface area contributed by atoms with Crippen LogP contribution in [0.1, 0.15) is 16.1 Å².